The van der Waals surface area contributed by atoms with E-state index in [0.29, 0.717) is 16.6 Å². The van der Waals surface area contributed by atoms with E-state index in [0.717, 1.165) is 7.14 Å². The van der Waals surface area contributed by atoms with Crippen LogP contribution in [0.4, 0.5) is 0 Å². The van der Waals surface area contributed by atoms with E-state index in [1.54, 1.807) is 6.07 Å². The molecule has 0 unspecified atom stereocenters. The van der Waals surface area contributed by atoms with Crippen LogP contribution in [0.25, 0.3) is 16.6 Å². The largest absolute Gasteiger partial charge is 0.330 e. The van der Waals surface area contributed by atoms with Gasteiger partial charge in [-0.3, -0.25) is 9.36 Å². The van der Waals surface area contributed by atoms with Crippen molar-refractivity contribution in [2.75, 3.05) is 0 Å². The first-order valence-electron chi connectivity index (χ1n) is 6.46. The van der Waals surface area contributed by atoms with E-state index in [1.165, 1.54) is 28.8 Å². The van der Waals surface area contributed by atoms with Gasteiger partial charge in [-0.05, 0) is 93.8 Å². The lowest BCUT2D eigenvalue weighted by molar-refractivity contribution is 0.598. The van der Waals surface area contributed by atoms with Gasteiger partial charge in [-0.2, -0.15) is 0 Å². The van der Waals surface area contributed by atoms with E-state index in [4.69, 9.17) is 17.4 Å². The molecule has 0 radical (unpaired) electrons. The first kappa shape index (κ1) is 18.0. The summed E-state index contributed by atoms with van der Waals surface area (Å²) < 4.78 is 26.1. The predicted molar refractivity (Wildman–Crippen MR) is 112 cm³/mol. The standard InChI is InChI=1S/C14H9I2N3O3S2/c15-7-5-10-12(11(16)6-7)18-14(23)19(13(10)20)8-1-3-9(4-2-8)24(17,21)22/h1-6H,(H,18,23)(H2,17,21,22). The molecule has 0 saturated heterocycles. The van der Waals surface area contributed by atoms with Gasteiger partial charge in [0.2, 0.25) is 10.0 Å². The summed E-state index contributed by atoms with van der Waals surface area (Å²) in [5.41, 5.74) is 0.876. The van der Waals surface area contributed by atoms with Gasteiger partial charge in [0.1, 0.15) is 0 Å². The number of nitrogens with one attached hydrogen (secondary N) is 1. The van der Waals surface area contributed by atoms with Crippen LogP contribution in [0.5, 0.6) is 0 Å². The monoisotopic (exact) mass is 585 g/mol. The molecule has 0 spiro atoms. The van der Waals surface area contributed by atoms with Crippen LogP contribution in [-0.4, -0.2) is 18.0 Å². The van der Waals surface area contributed by atoms with Crippen LogP contribution in [0.2, 0.25) is 0 Å². The van der Waals surface area contributed by atoms with Crippen LogP contribution >= 0.6 is 57.4 Å². The number of primary sulfonamides is 1. The molecular formula is C14H9I2N3O3S2. The molecular weight excluding hydrogens is 576 g/mol. The van der Waals surface area contributed by atoms with Gasteiger partial charge in [0.15, 0.2) is 4.77 Å². The van der Waals surface area contributed by atoms with Gasteiger partial charge in [0.05, 0.1) is 21.5 Å². The van der Waals surface area contributed by atoms with E-state index < -0.39 is 10.0 Å². The lowest BCUT2D eigenvalue weighted by Gasteiger charge is -2.10. The summed E-state index contributed by atoms with van der Waals surface area (Å²) in [4.78, 5) is 15.9. The Balaban J connectivity index is 2.31. The quantitative estimate of drug-likeness (QED) is 0.357. The van der Waals surface area contributed by atoms with Crippen molar-refractivity contribution in [3.05, 3.63) is 58.7 Å². The predicted octanol–water partition coefficient (Wildman–Crippen LogP) is 2.90. The average Bonchev–Trinajstić information content (AvgIpc) is 2.48. The Labute approximate surface area is 169 Å². The van der Waals surface area contributed by atoms with Gasteiger partial charge in [0, 0.05) is 7.14 Å². The summed E-state index contributed by atoms with van der Waals surface area (Å²) in [5.74, 6) is 0. The topological polar surface area (TPSA) is 97.9 Å². The van der Waals surface area contributed by atoms with Crippen molar-refractivity contribution >= 4 is 78.3 Å². The van der Waals surface area contributed by atoms with Gasteiger partial charge in [-0.25, -0.2) is 13.6 Å². The molecule has 0 bridgehead atoms. The van der Waals surface area contributed by atoms with Crippen molar-refractivity contribution in [1.82, 2.24) is 9.55 Å². The molecule has 0 aliphatic carbocycles. The molecule has 0 aliphatic heterocycles. The molecule has 3 N–H and O–H groups in total. The number of nitrogens with zero attached hydrogens (tertiary/aromatic N) is 1. The summed E-state index contributed by atoms with van der Waals surface area (Å²) in [7, 11) is -3.79. The van der Waals surface area contributed by atoms with Gasteiger partial charge in [-0.15, -0.1) is 0 Å². The maximum Gasteiger partial charge on any atom is 0.266 e. The summed E-state index contributed by atoms with van der Waals surface area (Å²) >= 11 is 9.60. The van der Waals surface area contributed by atoms with Crippen LogP contribution in [0.3, 0.4) is 0 Å². The first-order chi connectivity index (χ1) is 11.2. The highest BCUT2D eigenvalue weighted by Crippen LogP contribution is 2.21. The Bertz CT molecular complexity index is 1180. The average molecular weight is 585 g/mol. The number of fused-ring (bicyclic) bond motifs is 1. The van der Waals surface area contributed by atoms with Crippen LogP contribution in [0, 0.1) is 11.9 Å². The summed E-state index contributed by atoms with van der Waals surface area (Å²) in [5, 5.41) is 5.60. The fourth-order valence-corrected chi connectivity index (χ4v) is 5.05. The van der Waals surface area contributed by atoms with Crippen LogP contribution in [0.15, 0.2) is 46.1 Å². The SMILES string of the molecule is NS(=O)(=O)c1ccc(-n2c(=S)[nH]c3c(I)cc(I)cc3c2=O)cc1. The number of H-pyrrole nitrogens is 1. The normalized spacial score (nSPS) is 11.8. The summed E-state index contributed by atoms with van der Waals surface area (Å²) in [6, 6.07) is 9.40. The molecule has 6 nitrogen and oxygen atoms in total. The van der Waals surface area contributed by atoms with Crippen molar-refractivity contribution in [3.63, 3.8) is 0 Å². The maximum atomic E-state index is 12.9. The Hall–Kier alpha value is -0.830. The number of halogens is 2. The minimum atomic E-state index is -3.79. The van der Waals surface area contributed by atoms with Gasteiger partial charge < -0.3 is 4.98 Å². The smallest absolute Gasteiger partial charge is 0.266 e. The van der Waals surface area contributed by atoms with Crippen LogP contribution in [-0.2, 0) is 10.0 Å². The van der Waals surface area contributed by atoms with Crippen molar-refractivity contribution in [2.45, 2.75) is 4.90 Å². The molecule has 0 saturated carbocycles. The van der Waals surface area contributed by atoms with Gasteiger partial charge in [0.25, 0.3) is 5.56 Å². The molecule has 1 aromatic heterocycles. The molecule has 0 atom stereocenters. The first-order valence-corrected chi connectivity index (χ1v) is 10.6. The van der Waals surface area contributed by atoms with Crippen molar-refractivity contribution in [3.8, 4) is 5.69 Å². The Morgan fingerprint density at radius 3 is 2.33 bits per heavy atom. The van der Waals surface area contributed by atoms with Crippen molar-refractivity contribution < 1.29 is 8.42 Å². The second kappa shape index (κ2) is 6.48. The second-order valence-corrected chi connectivity index (χ2v) is 9.28. The molecule has 124 valence electrons. The number of hydrogen-bond donors (Lipinski definition) is 2. The van der Waals surface area contributed by atoms with Crippen LogP contribution < -0.4 is 10.7 Å². The third-order valence-electron chi connectivity index (χ3n) is 3.35. The maximum absolute atomic E-state index is 12.9. The van der Waals surface area contributed by atoms with E-state index in [2.05, 4.69) is 50.2 Å². The van der Waals surface area contributed by atoms with Gasteiger partial charge >= 0.3 is 0 Å². The Morgan fingerprint density at radius 1 is 1.12 bits per heavy atom. The third-order valence-corrected chi connectivity index (χ3v) is 6.03. The number of sulfonamides is 1. The Kier molecular flexibility index (Phi) is 4.85. The molecule has 2 aromatic carbocycles. The zero-order chi connectivity index (χ0) is 17.6. The second-order valence-electron chi connectivity index (χ2n) is 4.92. The lowest BCUT2D eigenvalue weighted by Crippen LogP contribution is -2.21. The fraction of sp³-hybridized carbons (Fsp3) is 0. The fourth-order valence-electron chi connectivity index (χ4n) is 2.26. The molecule has 3 aromatic rings. The number of aromatic nitrogens is 2. The lowest BCUT2D eigenvalue weighted by atomic mass is 10.2. The highest BCUT2D eigenvalue weighted by molar-refractivity contribution is 14.1. The van der Waals surface area contributed by atoms with E-state index >= 15 is 0 Å². The molecule has 0 aliphatic rings. The Morgan fingerprint density at radius 2 is 1.75 bits per heavy atom. The number of hydrogen-bond acceptors (Lipinski definition) is 4. The van der Waals surface area contributed by atoms with Crippen molar-refractivity contribution in [2.24, 2.45) is 5.14 Å². The van der Waals surface area contributed by atoms with E-state index in [-0.39, 0.29) is 15.2 Å². The number of benzene rings is 2. The summed E-state index contributed by atoms with van der Waals surface area (Å²) in [6.07, 6.45) is 0. The molecule has 1 heterocycles. The van der Waals surface area contributed by atoms with E-state index in [1.807, 2.05) is 6.07 Å². The number of aromatic amines is 1. The molecule has 0 amide bonds. The van der Waals surface area contributed by atoms with Gasteiger partial charge in [-0.1, -0.05) is 0 Å². The molecule has 24 heavy (non-hydrogen) atoms. The summed E-state index contributed by atoms with van der Waals surface area (Å²) in [6.45, 7) is 0. The molecule has 3 rings (SSSR count). The third kappa shape index (κ3) is 3.29. The zero-order valence-electron chi connectivity index (χ0n) is 11.8. The molecule has 0 fully saturated rings. The molecule has 10 heteroatoms. The van der Waals surface area contributed by atoms with E-state index in [9.17, 15) is 13.2 Å². The van der Waals surface area contributed by atoms with Crippen molar-refractivity contribution in [1.29, 1.82) is 0 Å². The zero-order valence-corrected chi connectivity index (χ0v) is 17.7. The minimum Gasteiger partial charge on any atom is -0.330 e. The highest BCUT2D eigenvalue weighted by atomic mass is 127. The minimum absolute atomic E-state index is 0.0286. The van der Waals surface area contributed by atoms with Crippen LogP contribution in [0.1, 0.15) is 0 Å². The number of rotatable bonds is 2. The number of nitrogens with two attached hydrogens (primary N) is 1. The highest BCUT2D eigenvalue weighted by Gasteiger charge is 2.12.